The SMILES string of the molecule is CCCCCCc1ccc(-c2ccc(-c3cc4ccc3CCc3ccc(c(-c5ccc(-c6ccc(CCCCCC)s6)s5)c3)CC4)s2)s1. The van der Waals surface area contributed by atoms with Crippen LogP contribution < -0.4 is 0 Å². The van der Waals surface area contributed by atoms with E-state index in [1.165, 1.54) is 137 Å². The highest BCUT2D eigenvalue weighted by Gasteiger charge is 2.16. The van der Waals surface area contributed by atoms with Gasteiger partial charge in [-0.2, -0.15) is 0 Å². The van der Waals surface area contributed by atoms with Crippen LogP contribution in [0.15, 0.2) is 84.9 Å². The molecule has 2 aromatic carbocycles. The van der Waals surface area contributed by atoms with Crippen LogP contribution in [0.25, 0.3) is 40.4 Å². The van der Waals surface area contributed by atoms with Crippen molar-refractivity contribution in [1.82, 2.24) is 0 Å². The summed E-state index contributed by atoms with van der Waals surface area (Å²) < 4.78 is 0. The van der Waals surface area contributed by atoms with Gasteiger partial charge in [-0.25, -0.2) is 0 Å². The van der Waals surface area contributed by atoms with Crippen molar-refractivity contribution in [3.05, 3.63) is 117 Å². The molecule has 0 nitrogen and oxygen atoms in total. The lowest BCUT2D eigenvalue weighted by atomic mass is 9.90. The zero-order valence-corrected chi connectivity index (χ0v) is 31.9. The molecule has 0 spiro atoms. The summed E-state index contributed by atoms with van der Waals surface area (Å²) in [5.74, 6) is 0. The highest BCUT2D eigenvalue weighted by molar-refractivity contribution is 7.24. The molecule has 4 aliphatic rings. The minimum absolute atomic E-state index is 1.06. The van der Waals surface area contributed by atoms with Crippen LogP contribution >= 0.6 is 45.3 Å². The van der Waals surface area contributed by atoms with Crippen LogP contribution in [0.2, 0.25) is 0 Å². The predicted octanol–water partition coefficient (Wildman–Crippen LogP) is 14.7. The van der Waals surface area contributed by atoms with E-state index >= 15 is 0 Å². The Balaban J connectivity index is 1.07. The van der Waals surface area contributed by atoms with E-state index in [2.05, 4.69) is 98.8 Å². The second kappa shape index (κ2) is 16.3. The van der Waals surface area contributed by atoms with Gasteiger partial charge in [-0.05, 0) is 133 Å². The Bertz CT molecular complexity index is 1780. The number of hydrogen-bond donors (Lipinski definition) is 0. The number of aryl methyl sites for hydroxylation is 6. The Labute approximate surface area is 304 Å². The molecule has 4 aliphatic carbocycles. The third-order valence-corrected chi connectivity index (χ3v) is 14.7. The summed E-state index contributed by atoms with van der Waals surface area (Å²) in [5, 5.41) is 0. The predicted molar refractivity (Wildman–Crippen MR) is 217 cm³/mol. The summed E-state index contributed by atoms with van der Waals surface area (Å²) in [4.78, 5) is 11.6. The van der Waals surface area contributed by atoms with Gasteiger partial charge in [0.05, 0.1) is 0 Å². The lowest BCUT2D eigenvalue weighted by Crippen LogP contribution is -2.01. The normalized spacial score (nSPS) is 12.9. The Kier molecular flexibility index (Phi) is 11.5. The van der Waals surface area contributed by atoms with Gasteiger partial charge in [0.1, 0.15) is 0 Å². The maximum atomic E-state index is 2.51. The molecule has 4 heterocycles. The molecule has 4 heteroatoms. The van der Waals surface area contributed by atoms with Crippen LogP contribution in [0.4, 0.5) is 0 Å². The smallest absolute Gasteiger partial charge is 0.0449 e. The summed E-state index contributed by atoms with van der Waals surface area (Å²) in [5.41, 5.74) is 8.73. The van der Waals surface area contributed by atoms with Crippen LogP contribution in [-0.2, 0) is 38.5 Å². The minimum Gasteiger partial charge on any atom is -0.139 e. The Morgan fingerprint density at radius 1 is 0.396 bits per heavy atom. The molecule has 48 heavy (non-hydrogen) atoms. The summed E-state index contributed by atoms with van der Waals surface area (Å²) in [6.07, 6.45) is 17.3. The third kappa shape index (κ3) is 8.16. The standard InChI is InChI=1S/C44H48S4/c1-3-5-7-9-11-35-21-23-41(45-35)43-27-25-39(47-43)37-29-31-13-17-33(37)19-15-32-14-18-34(20-16-31)38(30-32)40-26-28-44(48-40)42-24-22-36(46-42)12-10-8-6-4-2/h13-14,17-18,21-30H,3-12,15-16,19-20H2,1-2H3. The largest absolute Gasteiger partial charge is 0.139 e. The Morgan fingerprint density at radius 2 is 0.812 bits per heavy atom. The summed E-state index contributed by atoms with van der Waals surface area (Å²) in [6.45, 7) is 4.58. The molecule has 0 atom stereocenters. The molecule has 0 saturated carbocycles. The molecule has 4 aromatic heterocycles. The van der Waals surface area contributed by atoms with Crippen molar-refractivity contribution >= 4 is 45.3 Å². The third-order valence-electron chi connectivity index (χ3n) is 9.82. The molecule has 0 amide bonds. The topological polar surface area (TPSA) is 0 Å². The fourth-order valence-electron chi connectivity index (χ4n) is 6.98. The van der Waals surface area contributed by atoms with E-state index in [-0.39, 0.29) is 0 Å². The number of hydrogen-bond acceptors (Lipinski definition) is 4. The molecule has 4 bridgehead atoms. The van der Waals surface area contributed by atoms with Crippen molar-refractivity contribution in [1.29, 1.82) is 0 Å². The van der Waals surface area contributed by atoms with Crippen LogP contribution in [-0.4, -0.2) is 0 Å². The van der Waals surface area contributed by atoms with Crippen LogP contribution in [0, 0.1) is 0 Å². The van der Waals surface area contributed by atoms with Crippen LogP contribution in [0.5, 0.6) is 0 Å². The van der Waals surface area contributed by atoms with Gasteiger partial charge in [0, 0.05) is 39.0 Å². The second-order valence-corrected chi connectivity index (χ2v) is 18.0. The van der Waals surface area contributed by atoms with Gasteiger partial charge in [0.15, 0.2) is 0 Å². The zero-order chi connectivity index (χ0) is 32.7. The first-order valence-electron chi connectivity index (χ1n) is 18.3. The van der Waals surface area contributed by atoms with Crippen molar-refractivity contribution in [3.63, 3.8) is 0 Å². The average Bonchev–Trinajstić information content (AvgIpc) is 3.93. The summed E-state index contributed by atoms with van der Waals surface area (Å²) in [6, 6.07) is 33.5. The molecule has 0 aliphatic heterocycles. The molecule has 0 N–H and O–H groups in total. The van der Waals surface area contributed by atoms with Crippen LogP contribution in [0.1, 0.15) is 97.2 Å². The Morgan fingerprint density at radius 3 is 1.27 bits per heavy atom. The first-order valence-corrected chi connectivity index (χ1v) is 21.6. The van der Waals surface area contributed by atoms with Crippen molar-refractivity contribution in [2.75, 3.05) is 0 Å². The van der Waals surface area contributed by atoms with E-state index in [0.717, 1.165) is 25.7 Å². The highest BCUT2D eigenvalue weighted by Crippen LogP contribution is 2.42. The van der Waals surface area contributed by atoms with E-state index in [9.17, 15) is 0 Å². The van der Waals surface area contributed by atoms with Gasteiger partial charge in [0.2, 0.25) is 0 Å². The highest BCUT2D eigenvalue weighted by atomic mass is 32.1. The average molecular weight is 705 g/mol. The maximum absolute atomic E-state index is 2.51. The fraction of sp³-hybridized carbons (Fsp3) is 0.364. The van der Waals surface area contributed by atoms with Gasteiger partial charge in [0.25, 0.3) is 0 Å². The van der Waals surface area contributed by atoms with Gasteiger partial charge in [-0.1, -0.05) is 88.8 Å². The maximum Gasteiger partial charge on any atom is 0.0449 e. The van der Waals surface area contributed by atoms with Crippen molar-refractivity contribution in [2.45, 2.75) is 104 Å². The van der Waals surface area contributed by atoms with Gasteiger partial charge in [-0.3, -0.25) is 0 Å². The molecule has 248 valence electrons. The molecular weight excluding hydrogens is 657 g/mol. The first-order chi connectivity index (χ1) is 23.7. The lowest BCUT2D eigenvalue weighted by molar-refractivity contribution is 0.670. The monoisotopic (exact) mass is 704 g/mol. The first kappa shape index (κ1) is 33.7. The fourth-order valence-corrected chi connectivity index (χ4v) is 11.4. The molecular formula is C44H48S4. The Hall–Kier alpha value is -2.76. The van der Waals surface area contributed by atoms with E-state index < -0.39 is 0 Å². The van der Waals surface area contributed by atoms with Crippen molar-refractivity contribution < 1.29 is 0 Å². The lowest BCUT2D eigenvalue weighted by Gasteiger charge is -2.16. The number of rotatable bonds is 14. The number of benzene rings is 2. The molecule has 0 radical (unpaired) electrons. The molecule has 6 aromatic rings. The van der Waals surface area contributed by atoms with Crippen molar-refractivity contribution in [3.8, 4) is 40.4 Å². The zero-order valence-electron chi connectivity index (χ0n) is 28.6. The van der Waals surface area contributed by atoms with Crippen LogP contribution in [0.3, 0.4) is 0 Å². The molecule has 0 unspecified atom stereocenters. The number of unbranched alkanes of at least 4 members (excludes halogenated alkanes) is 6. The van der Waals surface area contributed by atoms with E-state index in [1.807, 2.05) is 45.3 Å². The molecule has 10 rings (SSSR count). The van der Waals surface area contributed by atoms with Gasteiger partial charge >= 0.3 is 0 Å². The number of thiophene rings is 4. The summed E-state index contributed by atoms with van der Waals surface area (Å²) in [7, 11) is 0. The van der Waals surface area contributed by atoms with E-state index in [0.29, 0.717) is 0 Å². The molecule has 0 fully saturated rings. The molecule has 0 saturated heterocycles. The minimum atomic E-state index is 1.06. The van der Waals surface area contributed by atoms with Gasteiger partial charge in [-0.15, -0.1) is 45.3 Å². The van der Waals surface area contributed by atoms with E-state index in [1.54, 1.807) is 0 Å². The summed E-state index contributed by atoms with van der Waals surface area (Å²) >= 11 is 7.94. The van der Waals surface area contributed by atoms with Crippen molar-refractivity contribution in [2.24, 2.45) is 0 Å². The van der Waals surface area contributed by atoms with E-state index in [4.69, 9.17) is 0 Å². The quantitative estimate of drug-likeness (QED) is 0.0990. The second-order valence-electron chi connectivity index (χ2n) is 13.5. The van der Waals surface area contributed by atoms with Gasteiger partial charge < -0.3 is 0 Å².